The highest BCUT2D eigenvalue weighted by molar-refractivity contribution is 5.77. The van der Waals surface area contributed by atoms with Gasteiger partial charge in [0.05, 0.1) is 25.2 Å². The molecule has 3 aliphatic rings. The van der Waals surface area contributed by atoms with Crippen LogP contribution in [-0.4, -0.2) is 55.6 Å². The summed E-state index contributed by atoms with van der Waals surface area (Å²) in [6.07, 6.45) is 5.31. The fourth-order valence-corrected chi connectivity index (χ4v) is 3.29. The average molecular weight is 269 g/mol. The second kappa shape index (κ2) is 5.04. The molecule has 1 spiro atoms. The number of rotatable bonds is 3. The Morgan fingerprint density at radius 3 is 2.26 bits per heavy atom. The van der Waals surface area contributed by atoms with Crippen LogP contribution in [-0.2, 0) is 19.0 Å². The highest BCUT2D eigenvalue weighted by atomic mass is 16.7. The van der Waals surface area contributed by atoms with E-state index in [-0.39, 0.29) is 11.5 Å². The Labute approximate surface area is 114 Å². The molecular weight excluding hydrogens is 246 g/mol. The third kappa shape index (κ3) is 2.51. The van der Waals surface area contributed by atoms with E-state index in [2.05, 4.69) is 0 Å². The minimum Gasteiger partial charge on any atom is -0.378 e. The lowest BCUT2D eigenvalue weighted by molar-refractivity contribution is -0.189. The monoisotopic (exact) mass is 269 g/mol. The summed E-state index contributed by atoms with van der Waals surface area (Å²) in [6.45, 7) is 2.83. The lowest BCUT2D eigenvalue weighted by Crippen LogP contribution is -2.50. The van der Waals surface area contributed by atoms with Crippen LogP contribution in [0.5, 0.6) is 0 Å². The van der Waals surface area contributed by atoms with Gasteiger partial charge in [0, 0.05) is 33.0 Å². The lowest BCUT2D eigenvalue weighted by atomic mass is 9.77. The van der Waals surface area contributed by atoms with E-state index < -0.39 is 5.79 Å². The molecule has 0 atom stereocenters. The summed E-state index contributed by atoms with van der Waals surface area (Å²) in [4.78, 5) is 14.3. The summed E-state index contributed by atoms with van der Waals surface area (Å²) in [7, 11) is 1.72. The largest absolute Gasteiger partial charge is 0.378 e. The van der Waals surface area contributed by atoms with E-state index in [0.717, 1.165) is 38.8 Å². The summed E-state index contributed by atoms with van der Waals surface area (Å²) in [5.41, 5.74) is -0.174. The third-order valence-corrected chi connectivity index (χ3v) is 4.86. The second-order valence-corrected chi connectivity index (χ2v) is 5.91. The molecule has 2 heterocycles. The van der Waals surface area contributed by atoms with Gasteiger partial charge < -0.3 is 19.1 Å². The van der Waals surface area contributed by atoms with Crippen molar-refractivity contribution in [2.75, 3.05) is 33.4 Å². The minimum absolute atomic E-state index is 0.174. The number of piperidine rings is 1. The first-order valence-corrected chi connectivity index (χ1v) is 7.28. The van der Waals surface area contributed by atoms with Crippen LogP contribution in [0.1, 0.15) is 38.5 Å². The van der Waals surface area contributed by atoms with Gasteiger partial charge >= 0.3 is 0 Å². The quantitative estimate of drug-likeness (QED) is 0.775. The number of carbonyl (C=O) groups is 1. The van der Waals surface area contributed by atoms with Gasteiger partial charge in [0.2, 0.25) is 5.91 Å². The molecule has 2 saturated heterocycles. The van der Waals surface area contributed by atoms with E-state index in [1.54, 1.807) is 7.11 Å². The van der Waals surface area contributed by atoms with E-state index in [0.29, 0.717) is 19.6 Å². The summed E-state index contributed by atoms with van der Waals surface area (Å²) < 4.78 is 16.9. The highest BCUT2D eigenvalue weighted by Crippen LogP contribution is 2.39. The van der Waals surface area contributed by atoms with Gasteiger partial charge in [0.25, 0.3) is 0 Å². The Kier molecular flexibility index (Phi) is 3.53. The Hall–Kier alpha value is -0.650. The van der Waals surface area contributed by atoms with Crippen molar-refractivity contribution < 1.29 is 19.0 Å². The van der Waals surface area contributed by atoms with Crippen molar-refractivity contribution in [3.8, 4) is 0 Å². The molecule has 1 saturated carbocycles. The van der Waals surface area contributed by atoms with Gasteiger partial charge in [-0.1, -0.05) is 0 Å². The number of ether oxygens (including phenoxy) is 3. The molecule has 3 fully saturated rings. The van der Waals surface area contributed by atoms with Crippen LogP contribution in [0.15, 0.2) is 0 Å². The molecule has 1 amide bonds. The topological polar surface area (TPSA) is 48.0 Å². The van der Waals surface area contributed by atoms with Crippen LogP contribution >= 0.6 is 0 Å². The van der Waals surface area contributed by atoms with Gasteiger partial charge in [-0.2, -0.15) is 0 Å². The molecular formula is C14H23NO4. The third-order valence-electron chi connectivity index (χ3n) is 4.86. The molecule has 0 N–H and O–H groups in total. The number of nitrogens with zero attached hydrogens (tertiary/aromatic N) is 1. The molecule has 108 valence electrons. The molecule has 3 rings (SSSR count). The molecule has 2 aliphatic heterocycles. The van der Waals surface area contributed by atoms with Crippen molar-refractivity contribution in [3.05, 3.63) is 0 Å². The van der Waals surface area contributed by atoms with E-state index in [1.165, 1.54) is 6.42 Å². The van der Waals surface area contributed by atoms with Gasteiger partial charge in [-0.15, -0.1) is 0 Å². The number of methoxy groups -OCH3 is 1. The zero-order valence-corrected chi connectivity index (χ0v) is 11.7. The Bertz CT molecular complexity index is 332. The fraction of sp³-hybridized carbons (Fsp3) is 0.929. The van der Waals surface area contributed by atoms with Crippen LogP contribution in [0, 0.1) is 0 Å². The predicted molar refractivity (Wildman–Crippen MR) is 68.7 cm³/mol. The van der Waals surface area contributed by atoms with Gasteiger partial charge in [-0.3, -0.25) is 4.79 Å². The average Bonchev–Trinajstić information content (AvgIpc) is 2.83. The number of hydrogen-bond donors (Lipinski definition) is 0. The van der Waals surface area contributed by atoms with Crippen molar-refractivity contribution in [2.45, 2.75) is 49.9 Å². The Balaban J connectivity index is 1.52. The Morgan fingerprint density at radius 2 is 1.79 bits per heavy atom. The first kappa shape index (κ1) is 13.3. The molecule has 0 radical (unpaired) electrons. The lowest BCUT2D eigenvalue weighted by Gasteiger charge is -2.43. The van der Waals surface area contributed by atoms with Crippen LogP contribution in [0.2, 0.25) is 0 Å². The molecule has 0 aromatic carbocycles. The summed E-state index contributed by atoms with van der Waals surface area (Å²) in [6, 6.07) is 0. The maximum Gasteiger partial charge on any atom is 0.225 e. The van der Waals surface area contributed by atoms with Gasteiger partial charge in [0.1, 0.15) is 0 Å². The van der Waals surface area contributed by atoms with E-state index in [9.17, 15) is 4.79 Å². The van der Waals surface area contributed by atoms with E-state index >= 15 is 0 Å². The second-order valence-electron chi connectivity index (χ2n) is 5.91. The summed E-state index contributed by atoms with van der Waals surface area (Å²) >= 11 is 0. The highest BCUT2D eigenvalue weighted by Gasteiger charge is 2.43. The van der Waals surface area contributed by atoms with Crippen LogP contribution in [0.25, 0.3) is 0 Å². The standard InChI is InChI=1S/C14H23NO4/c1-17-13(3-2-4-13)11-12(16)15-7-5-14(6-8-15)18-9-10-19-14/h2-11H2,1H3. The van der Waals surface area contributed by atoms with Gasteiger partial charge in [-0.25, -0.2) is 0 Å². The Morgan fingerprint density at radius 1 is 1.16 bits per heavy atom. The van der Waals surface area contributed by atoms with Crippen molar-refractivity contribution in [1.82, 2.24) is 4.90 Å². The molecule has 1 aliphatic carbocycles. The van der Waals surface area contributed by atoms with E-state index in [4.69, 9.17) is 14.2 Å². The summed E-state index contributed by atoms with van der Waals surface area (Å²) in [5, 5.41) is 0. The molecule has 0 aromatic heterocycles. The van der Waals surface area contributed by atoms with Crippen LogP contribution < -0.4 is 0 Å². The van der Waals surface area contributed by atoms with Crippen molar-refractivity contribution in [1.29, 1.82) is 0 Å². The summed E-state index contributed by atoms with van der Waals surface area (Å²) in [5.74, 6) is -0.180. The van der Waals surface area contributed by atoms with Crippen molar-refractivity contribution in [3.63, 3.8) is 0 Å². The predicted octanol–water partition coefficient (Wildman–Crippen LogP) is 1.31. The van der Waals surface area contributed by atoms with E-state index in [1.807, 2.05) is 4.90 Å². The first-order valence-electron chi connectivity index (χ1n) is 7.28. The smallest absolute Gasteiger partial charge is 0.225 e. The van der Waals surface area contributed by atoms with Gasteiger partial charge in [0.15, 0.2) is 5.79 Å². The van der Waals surface area contributed by atoms with Crippen LogP contribution in [0.4, 0.5) is 0 Å². The fourth-order valence-electron chi connectivity index (χ4n) is 3.29. The molecule has 0 unspecified atom stereocenters. The molecule has 0 aromatic rings. The molecule has 0 bridgehead atoms. The number of likely N-dealkylation sites (tertiary alicyclic amines) is 1. The minimum atomic E-state index is -0.397. The zero-order chi connectivity index (χ0) is 13.3. The molecule has 19 heavy (non-hydrogen) atoms. The molecule has 5 nitrogen and oxygen atoms in total. The molecule has 5 heteroatoms. The normalized spacial score (nSPS) is 28.4. The van der Waals surface area contributed by atoms with Gasteiger partial charge in [-0.05, 0) is 19.3 Å². The number of amides is 1. The maximum absolute atomic E-state index is 12.3. The SMILES string of the molecule is COC1(CC(=O)N2CCC3(CC2)OCCO3)CCC1. The number of carbonyl (C=O) groups excluding carboxylic acids is 1. The van der Waals surface area contributed by atoms with Crippen molar-refractivity contribution in [2.24, 2.45) is 0 Å². The number of hydrogen-bond acceptors (Lipinski definition) is 4. The maximum atomic E-state index is 12.3. The van der Waals surface area contributed by atoms with Crippen molar-refractivity contribution >= 4 is 5.91 Å². The first-order chi connectivity index (χ1) is 9.17. The zero-order valence-electron chi connectivity index (χ0n) is 11.7. The van der Waals surface area contributed by atoms with Crippen LogP contribution in [0.3, 0.4) is 0 Å².